The number of benzene rings is 1. The van der Waals surface area contributed by atoms with E-state index >= 15 is 0 Å². The minimum Gasteiger partial charge on any atom is -0.508 e. The topological polar surface area (TPSA) is 226 Å². The summed E-state index contributed by atoms with van der Waals surface area (Å²) in [7, 11) is 0. The fraction of sp³-hybridized carbons (Fsp3) is 0.519. The van der Waals surface area contributed by atoms with Crippen LogP contribution in [0.2, 0.25) is 0 Å². The highest BCUT2D eigenvalue weighted by Gasteiger charge is 2.32. The molecule has 220 valence electrons. The smallest absolute Gasteiger partial charge is 0.326 e. The van der Waals surface area contributed by atoms with Gasteiger partial charge in [-0.1, -0.05) is 32.4 Å². The number of aromatic amines is 1. The zero-order valence-electron chi connectivity index (χ0n) is 22.9. The van der Waals surface area contributed by atoms with Gasteiger partial charge < -0.3 is 42.6 Å². The van der Waals surface area contributed by atoms with Gasteiger partial charge in [0, 0.05) is 24.7 Å². The predicted molar refractivity (Wildman–Crippen MR) is 148 cm³/mol. The average molecular weight is 560 g/mol. The number of hydrogen-bond donors (Lipinski definition) is 8. The van der Waals surface area contributed by atoms with E-state index in [4.69, 9.17) is 11.5 Å². The largest absolute Gasteiger partial charge is 0.508 e. The van der Waals surface area contributed by atoms with E-state index in [0.717, 1.165) is 0 Å². The fourth-order valence-corrected chi connectivity index (χ4v) is 4.05. The maximum atomic E-state index is 13.5. The molecule has 0 bridgehead atoms. The van der Waals surface area contributed by atoms with Gasteiger partial charge in [0.05, 0.1) is 12.4 Å². The summed E-state index contributed by atoms with van der Waals surface area (Å²) in [6.45, 7) is 3.93. The number of aromatic nitrogens is 2. The third kappa shape index (κ3) is 10.3. The lowest BCUT2D eigenvalue weighted by atomic mass is 9.98. The van der Waals surface area contributed by atoms with Gasteiger partial charge in [-0.3, -0.25) is 14.4 Å². The average Bonchev–Trinajstić information content (AvgIpc) is 3.44. The van der Waals surface area contributed by atoms with Gasteiger partial charge in [-0.15, -0.1) is 0 Å². The molecule has 0 aliphatic rings. The van der Waals surface area contributed by atoms with E-state index in [1.165, 1.54) is 18.5 Å². The number of amides is 3. The van der Waals surface area contributed by atoms with Crippen LogP contribution in [0.25, 0.3) is 0 Å². The van der Waals surface area contributed by atoms with Gasteiger partial charge in [-0.2, -0.15) is 0 Å². The predicted octanol–water partition coefficient (Wildman–Crippen LogP) is -0.0581. The van der Waals surface area contributed by atoms with E-state index in [9.17, 15) is 29.4 Å². The molecule has 1 aromatic heterocycles. The molecule has 1 aromatic carbocycles. The highest BCUT2D eigenvalue weighted by atomic mass is 16.4. The molecule has 2 aromatic rings. The number of carbonyl (C=O) groups is 4. The van der Waals surface area contributed by atoms with Crippen molar-refractivity contribution in [1.82, 2.24) is 25.9 Å². The lowest BCUT2D eigenvalue weighted by Crippen LogP contribution is -2.58. The van der Waals surface area contributed by atoms with E-state index < -0.39 is 47.9 Å². The Balaban J connectivity index is 2.23. The van der Waals surface area contributed by atoms with Crippen molar-refractivity contribution in [3.05, 3.63) is 48.0 Å². The van der Waals surface area contributed by atoms with Crippen molar-refractivity contribution >= 4 is 23.7 Å². The molecule has 5 unspecified atom stereocenters. The number of carboxylic acids is 1. The molecule has 40 heavy (non-hydrogen) atoms. The minimum absolute atomic E-state index is 0.0429. The highest BCUT2D eigenvalue weighted by molar-refractivity contribution is 5.94. The number of imidazole rings is 1. The maximum absolute atomic E-state index is 13.5. The van der Waals surface area contributed by atoms with Crippen LogP contribution in [0.15, 0.2) is 36.8 Å². The minimum atomic E-state index is -1.17. The number of nitrogens with zero attached hydrogens (tertiary/aromatic N) is 1. The Morgan fingerprint density at radius 1 is 0.975 bits per heavy atom. The zero-order valence-corrected chi connectivity index (χ0v) is 22.9. The molecule has 5 atom stereocenters. The summed E-state index contributed by atoms with van der Waals surface area (Å²) in [6.07, 6.45) is 5.09. The van der Waals surface area contributed by atoms with Crippen LogP contribution in [0.5, 0.6) is 5.75 Å². The van der Waals surface area contributed by atoms with Crippen LogP contribution >= 0.6 is 0 Å². The molecular formula is C27H41N7O6. The van der Waals surface area contributed by atoms with Crippen LogP contribution < -0.4 is 27.4 Å². The van der Waals surface area contributed by atoms with Gasteiger partial charge in [-0.05, 0) is 49.4 Å². The number of nitrogens with two attached hydrogens (primary N) is 2. The lowest BCUT2D eigenvalue weighted by Gasteiger charge is -2.26. The molecule has 0 spiro atoms. The second-order valence-corrected chi connectivity index (χ2v) is 9.87. The molecule has 0 aliphatic heterocycles. The fourth-order valence-electron chi connectivity index (χ4n) is 4.05. The van der Waals surface area contributed by atoms with E-state index in [0.29, 0.717) is 37.1 Å². The Labute approximate surface area is 233 Å². The van der Waals surface area contributed by atoms with Crippen LogP contribution in [-0.2, 0) is 32.0 Å². The van der Waals surface area contributed by atoms with Gasteiger partial charge in [0.25, 0.3) is 0 Å². The Morgan fingerprint density at radius 3 is 2.20 bits per heavy atom. The van der Waals surface area contributed by atoms with Crippen LogP contribution in [0, 0.1) is 5.92 Å². The van der Waals surface area contributed by atoms with Gasteiger partial charge >= 0.3 is 5.97 Å². The van der Waals surface area contributed by atoms with Crippen molar-refractivity contribution < 1.29 is 29.4 Å². The third-order valence-electron chi connectivity index (χ3n) is 6.70. The number of hydrogen-bond acceptors (Lipinski definition) is 8. The number of phenolic OH excluding ortho intramolecular Hbond substituents is 1. The van der Waals surface area contributed by atoms with Gasteiger partial charge in [-0.25, -0.2) is 9.78 Å². The van der Waals surface area contributed by atoms with Crippen LogP contribution in [0.3, 0.4) is 0 Å². The number of unbranched alkanes of at least 4 members (excludes halogenated alkanes) is 1. The van der Waals surface area contributed by atoms with Gasteiger partial charge in [0.1, 0.15) is 23.9 Å². The molecule has 0 radical (unpaired) electrons. The molecule has 2 rings (SSSR count). The molecule has 0 saturated carbocycles. The first-order chi connectivity index (χ1) is 19.0. The van der Waals surface area contributed by atoms with Crippen molar-refractivity contribution in [3.63, 3.8) is 0 Å². The van der Waals surface area contributed by atoms with Gasteiger partial charge in [0.15, 0.2) is 0 Å². The summed E-state index contributed by atoms with van der Waals surface area (Å²) in [5, 5.41) is 27.2. The molecular weight excluding hydrogens is 518 g/mol. The second-order valence-electron chi connectivity index (χ2n) is 9.87. The Hall–Kier alpha value is -3.97. The molecule has 1 heterocycles. The lowest BCUT2D eigenvalue weighted by molar-refractivity contribution is -0.144. The number of nitrogens with one attached hydrogen (secondary N) is 4. The molecule has 3 amide bonds. The summed E-state index contributed by atoms with van der Waals surface area (Å²) < 4.78 is 0. The van der Waals surface area contributed by atoms with E-state index in [1.807, 2.05) is 6.92 Å². The first-order valence-electron chi connectivity index (χ1n) is 13.4. The summed E-state index contributed by atoms with van der Waals surface area (Å²) in [4.78, 5) is 58.2. The Bertz CT molecular complexity index is 1090. The van der Waals surface area contributed by atoms with E-state index in [2.05, 4.69) is 25.9 Å². The number of aromatic hydroxyl groups is 1. The standard InChI is InChI=1S/C27H41N7O6/c1-3-16(2)23(27(39)40)34-25(37)21(6-4-5-11-28)32-26(38)22(12-17-7-9-19(35)10-8-17)33-24(36)20(29)13-18-14-30-15-31-18/h7-10,14-16,20-23,35H,3-6,11-13,28-29H2,1-2H3,(H,30,31)(H,32,38)(H,33,36)(H,34,37)(H,39,40). The molecule has 13 nitrogen and oxygen atoms in total. The SMILES string of the molecule is CCC(C)C(NC(=O)C(CCCCN)NC(=O)C(Cc1ccc(O)cc1)NC(=O)C(N)Cc1cnc[nH]1)C(=O)O. The van der Waals surface area contributed by atoms with E-state index in [1.54, 1.807) is 25.3 Å². The van der Waals surface area contributed by atoms with Crippen molar-refractivity contribution in [3.8, 4) is 5.75 Å². The summed E-state index contributed by atoms with van der Waals surface area (Å²) in [6, 6.07) is 1.87. The molecule has 13 heteroatoms. The summed E-state index contributed by atoms with van der Waals surface area (Å²) in [5.41, 5.74) is 13.0. The first kappa shape index (κ1) is 32.2. The normalized spacial score (nSPS) is 14.8. The number of carbonyl (C=O) groups excluding carboxylic acids is 3. The molecule has 0 aliphatic carbocycles. The van der Waals surface area contributed by atoms with Crippen molar-refractivity contribution in [1.29, 1.82) is 0 Å². The van der Waals surface area contributed by atoms with Crippen LogP contribution in [0.4, 0.5) is 0 Å². The highest BCUT2D eigenvalue weighted by Crippen LogP contribution is 2.13. The number of phenols is 1. The summed E-state index contributed by atoms with van der Waals surface area (Å²) >= 11 is 0. The molecule has 0 fully saturated rings. The van der Waals surface area contributed by atoms with E-state index in [-0.39, 0.29) is 30.9 Å². The van der Waals surface area contributed by atoms with Crippen LogP contribution in [0.1, 0.15) is 50.8 Å². The second kappa shape index (κ2) is 16.2. The quantitative estimate of drug-likeness (QED) is 0.121. The Morgan fingerprint density at radius 2 is 1.62 bits per heavy atom. The van der Waals surface area contributed by atoms with Gasteiger partial charge in [0.2, 0.25) is 17.7 Å². The van der Waals surface area contributed by atoms with Crippen molar-refractivity contribution in [2.45, 2.75) is 76.5 Å². The van der Waals surface area contributed by atoms with Crippen molar-refractivity contribution in [2.24, 2.45) is 17.4 Å². The van der Waals surface area contributed by atoms with Crippen LogP contribution in [-0.4, -0.2) is 74.6 Å². The number of aliphatic carboxylic acids is 1. The summed E-state index contributed by atoms with van der Waals surface area (Å²) in [5.74, 6) is -3.32. The first-order valence-corrected chi connectivity index (χ1v) is 13.4. The molecule has 0 saturated heterocycles. The Kier molecular flexibility index (Phi) is 13.1. The number of carboxylic acid groups (broad SMARTS) is 1. The number of H-pyrrole nitrogens is 1. The zero-order chi connectivity index (χ0) is 29.7. The van der Waals surface area contributed by atoms with Crippen molar-refractivity contribution in [2.75, 3.05) is 6.54 Å². The third-order valence-corrected chi connectivity index (χ3v) is 6.70. The number of rotatable bonds is 17. The monoisotopic (exact) mass is 559 g/mol. The maximum Gasteiger partial charge on any atom is 0.326 e. The molecule has 10 N–H and O–H groups in total.